The third kappa shape index (κ3) is 2.63. The zero-order valence-corrected chi connectivity index (χ0v) is 11.4. The minimum atomic E-state index is -0.340. The van der Waals surface area contributed by atoms with Crippen LogP contribution in [0.4, 0.5) is 10.1 Å². The zero-order valence-electron chi connectivity index (χ0n) is 11.4. The van der Waals surface area contributed by atoms with Crippen LogP contribution in [0.2, 0.25) is 0 Å². The smallest absolute Gasteiger partial charge is 0.258 e. The van der Waals surface area contributed by atoms with E-state index in [1.165, 1.54) is 6.07 Å². The molecule has 0 radical (unpaired) electrons. The molecule has 3 rings (SSSR count). The lowest BCUT2D eigenvalue weighted by Crippen LogP contribution is -2.18. The number of H-pyrrole nitrogens is 1. The van der Waals surface area contributed by atoms with E-state index in [-0.39, 0.29) is 17.4 Å². The van der Waals surface area contributed by atoms with E-state index in [1.54, 1.807) is 36.4 Å². The van der Waals surface area contributed by atoms with Crippen molar-refractivity contribution in [3.05, 3.63) is 70.5 Å². The van der Waals surface area contributed by atoms with E-state index in [9.17, 15) is 9.18 Å². The second-order valence-corrected chi connectivity index (χ2v) is 4.81. The minimum Gasteiger partial charge on any atom is -0.373 e. The van der Waals surface area contributed by atoms with Crippen LogP contribution in [0.3, 0.4) is 0 Å². The lowest BCUT2D eigenvalue weighted by molar-refractivity contribution is 0.626. The van der Waals surface area contributed by atoms with Crippen LogP contribution in [0.15, 0.2) is 53.3 Å². The molecule has 0 bridgehead atoms. The number of hydrogen-bond acceptors (Lipinski definition) is 3. The maximum atomic E-state index is 13.6. The fourth-order valence-electron chi connectivity index (χ4n) is 2.19. The molecule has 0 aliphatic heterocycles. The summed E-state index contributed by atoms with van der Waals surface area (Å²) in [5, 5.41) is 3.55. The Morgan fingerprint density at radius 3 is 2.67 bits per heavy atom. The van der Waals surface area contributed by atoms with Gasteiger partial charge in [-0.25, -0.2) is 9.37 Å². The molecule has 5 heteroatoms. The van der Waals surface area contributed by atoms with E-state index in [0.717, 1.165) is 0 Å². The van der Waals surface area contributed by atoms with Gasteiger partial charge in [0.2, 0.25) is 0 Å². The van der Waals surface area contributed by atoms with Crippen LogP contribution >= 0.6 is 0 Å². The Labute approximate surface area is 120 Å². The molecule has 1 unspecified atom stereocenters. The predicted octanol–water partition coefficient (Wildman–Crippen LogP) is 3.24. The molecular formula is C16H14FN3O. The lowest BCUT2D eigenvalue weighted by atomic mass is 10.2. The monoisotopic (exact) mass is 283 g/mol. The predicted molar refractivity (Wildman–Crippen MR) is 80.8 cm³/mol. The van der Waals surface area contributed by atoms with Gasteiger partial charge in [0.1, 0.15) is 11.6 Å². The Hall–Kier alpha value is -2.69. The number of para-hydroxylation sites is 2. The van der Waals surface area contributed by atoms with Crippen molar-refractivity contribution in [3.8, 4) is 0 Å². The van der Waals surface area contributed by atoms with Crippen LogP contribution in [0.1, 0.15) is 18.8 Å². The second-order valence-electron chi connectivity index (χ2n) is 4.81. The van der Waals surface area contributed by atoms with Crippen LogP contribution in [-0.2, 0) is 0 Å². The summed E-state index contributed by atoms with van der Waals surface area (Å²) < 4.78 is 13.6. The number of halogens is 1. The lowest BCUT2D eigenvalue weighted by Gasteiger charge is -2.15. The number of nitrogens with zero attached hydrogens (tertiary/aromatic N) is 1. The minimum absolute atomic E-state index is 0.196. The van der Waals surface area contributed by atoms with Gasteiger partial charge in [-0.05, 0) is 31.2 Å². The molecule has 0 saturated carbocycles. The van der Waals surface area contributed by atoms with Crippen molar-refractivity contribution in [2.75, 3.05) is 5.32 Å². The average Bonchev–Trinajstić information content (AvgIpc) is 2.49. The largest absolute Gasteiger partial charge is 0.373 e. The molecule has 1 heterocycles. The number of fused-ring (bicyclic) bond motifs is 1. The van der Waals surface area contributed by atoms with Gasteiger partial charge in [0, 0.05) is 0 Å². The molecule has 0 amide bonds. The van der Waals surface area contributed by atoms with Crippen molar-refractivity contribution >= 4 is 16.6 Å². The van der Waals surface area contributed by atoms with E-state index in [0.29, 0.717) is 22.4 Å². The van der Waals surface area contributed by atoms with Gasteiger partial charge >= 0.3 is 0 Å². The molecule has 2 N–H and O–H groups in total. The highest BCUT2D eigenvalue weighted by molar-refractivity contribution is 5.77. The van der Waals surface area contributed by atoms with Crippen molar-refractivity contribution in [2.45, 2.75) is 13.0 Å². The summed E-state index contributed by atoms with van der Waals surface area (Å²) in [5.74, 6) is 0.134. The summed E-state index contributed by atoms with van der Waals surface area (Å²) in [6, 6.07) is 13.2. The van der Waals surface area contributed by atoms with E-state index >= 15 is 0 Å². The maximum Gasteiger partial charge on any atom is 0.258 e. The second kappa shape index (κ2) is 5.36. The van der Waals surface area contributed by atoms with Crippen molar-refractivity contribution in [1.29, 1.82) is 0 Å². The zero-order chi connectivity index (χ0) is 14.8. The van der Waals surface area contributed by atoms with Gasteiger partial charge in [-0.3, -0.25) is 4.79 Å². The average molecular weight is 283 g/mol. The van der Waals surface area contributed by atoms with Gasteiger partial charge in [-0.1, -0.05) is 24.3 Å². The third-order valence-corrected chi connectivity index (χ3v) is 3.29. The molecule has 1 aromatic heterocycles. The van der Waals surface area contributed by atoms with Crippen LogP contribution in [-0.4, -0.2) is 9.97 Å². The fourth-order valence-corrected chi connectivity index (χ4v) is 2.19. The summed E-state index contributed by atoms with van der Waals surface area (Å²) in [6.07, 6.45) is 0. The molecule has 0 aliphatic carbocycles. The molecule has 1 atom stereocenters. The standard InChI is InChI=1S/C16H14FN3O/c1-10(18-14-9-5-3-7-12(14)17)15-19-13-8-4-2-6-11(13)16(21)20-15/h2-10,18H,1H3,(H,19,20,21). The van der Waals surface area contributed by atoms with Gasteiger partial charge in [0.05, 0.1) is 22.6 Å². The number of rotatable bonds is 3. The summed E-state index contributed by atoms with van der Waals surface area (Å²) in [6.45, 7) is 1.82. The van der Waals surface area contributed by atoms with Crippen LogP contribution in [0.25, 0.3) is 10.9 Å². The van der Waals surface area contributed by atoms with Gasteiger partial charge < -0.3 is 10.3 Å². The molecule has 2 aromatic carbocycles. The number of anilines is 1. The fraction of sp³-hybridized carbons (Fsp3) is 0.125. The number of nitrogens with one attached hydrogen (secondary N) is 2. The van der Waals surface area contributed by atoms with Crippen LogP contribution in [0.5, 0.6) is 0 Å². The van der Waals surface area contributed by atoms with Gasteiger partial charge in [-0.2, -0.15) is 0 Å². The summed E-state index contributed by atoms with van der Waals surface area (Å²) in [5.41, 5.74) is 0.803. The van der Waals surface area contributed by atoms with Crippen molar-refractivity contribution in [2.24, 2.45) is 0 Å². The Morgan fingerprint density at radius 2 is 1.86 bits per heavy atom. The first-order chi connectivity index (χ1) is 10.1. The first-order valence-electron chi connectivity index (χ1n) is 6.65. The number of benzene rings is 2. The third-order valence-electron chi connectivity index (χ3n) is 3.29. The topological polar surface area (TPSA) is 57.8 Å². The molecule has 21 heavy (non-hydrogen) atoms. The highest BCUT2D eigenvalue weighted by Gasteiger charge is 2.12. The molecule has 3 aromatic rings. The van der Waals surface area contributed by atoms with E-state index in [1.807, 2.05) is 13.0 Å². The van der Waals surface area contributed by atoms with Crippen LogP contribution < -0.4 is 10.9 Å². The van der Waals surface area contributed by atoms with Crippen molar-refractivity contribution < 1.29 is 4.39 Å². The molecular weight excluding hydrogens is 269 g/mol. The van der Waals surface area contributed by atoms with E-state index in [2.05, 4.69) is 15.3 Å². The number of aromatic amines is 1. The molecule has 4 nitrogen and oxygen atoms in total. The van der Waals surface area contributed by atoms with Crippen LogP contribution in [0, 0.1) is 5.82 Å². The van der Waals surface area contributed by atoms with E-state index in [4.69, 9.17) is 0 Å². The Balaban J connectivity index is 1.97. The number of hydrogen-bond donors (Lipinski definition) is 2. The van der Waals surface area contributed by atoms with Gasteiger partial charge in [0.25, 0.3) is 5.56 Å². The molecule has 106 valence electrons. The summed E-state index contributed by atoms with van der Waals surface area (Å²) in [7, 11) is 0. The Morgan fingerprint density at radius 1 is 1.14 bits per heavy atom. The quantitative estimate of drug-likeness (QED) is 0.776. The summed E-state index contributed by atoms with van der Waals surface area (Å²) >= 11 is 0. The first kappa shape index (κ1) is 13.3. The van der Waals surface area contributed by atoms with E-state index < -0.39 is 0 Å². The highest BCUT2D eigenvalue weighted by Crippen LogP contribution is 2.19. The molecule has 0 aliphatic rings. The van der Waals surface area contributed by atoms with Gasteiger partial charge in [0.15, 0.2) is 0 Å². The highest BCUT2D eigenvalue weighted by atomic mass is 19.1. The Kier molecular flexibility index (Phi) is 3.39. The Bertz CT molecular complexity index is 844. The normalized spacial score (nSPS) is 12.3. The number of aromatic nitrogens is 2. The summed E-state index contributed by atoms with van der Waals surface area (Å²) in [4.78, 5) is 19.2. The molecule has 0 fully saturated rings. The first-order valence-corrected chi connectivity index (χ1v) is 6.65. The van der Waals surface area contributed by atoms with Crippen molar-refractivity contribution in [3.63, 3.8) is 0 Å². The maximum absolute atomic E-state index is 13.6. The molecule has 0 spiro atoms. The SMILES string of the molecule is CC(Nc1ccccc1F)c1nc2ccccc2c(=O)[nH]1. The van der Waals surface area contributed by atoms with Gasteiger partial charge in [-0.15, -0.1) is 0 Å². The van der Waals surface area contributed by atoms with Crippen molar-refractivity contribution in [1.82, 2.24) is 9.97 Å². The molecule has 0 saturated heterocycles.